The molecule has 0 radical (unpaired) electrons. The minimum atomic E-state index is -5.20. The quantitative estimate of drug-likeness (QED) is 0.0695. The molecule has 3 aliphatic heterocycles. The molecule has 30 heteroatoms. The Kier molecular flexibility index (Phi) is 16.1. The number of carbonyl (C=O) groups is 2. The summed E-state index contributed by atoms with van der Waals surface area (Å²) in [5.74, 6) is -1.30. The van der Waals surface area contributed by atoms with Crippen molar-refractivity contribution in [1.82, 2.24) is 39.0 Å². The molecule has 6 aromatic rings. The van der Waals surface area contributed by atoms with Crippen molar-refractivity contribution in [2.75, 3.05) is 23.8 Å². The molecule has 2 amide bonds. The summed E-state index contributed by atoms with van der Waals surface area (Å²) in [7, 11) is -8.00. The van der Waals surface area contributed by atoms with Crippen molar-refractivity contribution >= 4 is 126 Å². The Morgan fingerprint density at radius 2 is 1.74 bits per heavy atom. The molecular weight excluding hydrogens is 1120 g/mol. The molecule has 0 saturated carbocycles. The molecule has 4 N–H and O–H groups in total. The van der Waals surface area contributed by atoms with Gasteiger partial charge in [0.1, 0.15) is 30.0 Å². The van der Waals surface area contributed by atoms with Crippen LogP contribution in [0.4, 0.5) is 16.2 Å². The SMILES string of the molecule is CC(C)C(=O)Nc1nc2c(ncn2[C@@H]2S[C@@H]3COP(=S)(SCc4ccc(Cl)cc4Cl)O[C@H]4[C@H](F)[C@H](n5cnc6c(NC(=O)c7ccccc7)ncnc65)O[C@@H]4COP(=O)(O)O[C@@H]2[C@@H]3O[Si](C)(C)C(C)(C)C)c(=O)[nH]1. The number of benzene rings is 2. The van der Waals surface area contributed by atoms with Crippen LogP contribution in [0.3, 0.4) is 0 Å². The molecule has 3 fully saturated rings. The van der Waals surface area contributed by atoms with Gasteiger partial charge in [-0.15, -0.1) is 11.8 Å². The second-order valence-corrected chi connectivity index (χ2v) is 34.0. The molecule has 3 aliphatic rings. The molecule has 2 bridgehead atoms. The van der Waals surface area contributed by atoms with E-state index < -0.39 is 99.2 Å². The highest BCUT2D eigenvalue weighted by atomic mass is 35.5. The largest absolute Gasteiger partial charge is 0.472 e. The third-order valence-corrected chi connectivity index (χ3v) is 25.6. The molecule has 10 atom stereocenters. The third-order valence-electron chi connectivity index (χ3n) is 12.9. The Balaban J connectivity index is 1.10. The van der Waals surface area contributed by atoms with Gasteiger partial charge in [0.15, 0.2) is 48.9 Å². The van der Waals surface area contributed by atoms with Crippen molar-refractivity contribution in [3.05, 3.63) is 99.0 Å². The highest BCUT2D eigenvalue weighted by Crippen LogP contribution is 2.66. The summed E-state index contributed by atoms with van der Waals surface area (Å²) in [6, 6.07) is 13.4. The molecule has 21 nitrogen and oxygen atoms in total. The number of phosphoric acid groups is 1. The Morgan fingerprint density at radius 1 is 1.01 bits per heavy atom. The second kappa shape index (κ2) is 21.6. The molecule has 74 heavy (non-hydrogen) atoms. The molecule has 0 spiro atoms. The van der Waals surface area contributed by atoms with E-state index in [2.05, 4.69) is 40.5 Å². The van der Waals surface area contributed by atoms with Crippen molar-refractivity contribution in [3.8, 4) is 0 Å². The number of nitrogens with one attached hydrogen (secondary N) is 3. The lowest BCUT2D eigenvalue weighted by Crippen LogP contribution is -2.50. The van der Waals surface area contributed by atoms with E-state index in [0.29, 0.717) is 21.2 Å². The Labute approximate surface area is 447 Å². The fraction of sp³-hybridized carbons (Fsp3) is 0.455. The number of nitrogens with zero attached hydrogens (tertiary/aromatic N) is 7. The van der Waals surface area contributed by atoms with Crippen LogP contribution < -0.4 is 16.2 Å². The second-order valence-electron chi connectivity index (χ2n) is 19.3. The summed E-state index contributed by atoms with van der Waals surface area (Å²) < 4.78 is 73.8. The number of hydrogen-bond donors (Lipinski definition) is 4. The van der Waals surface area contributed by atoms with E-state index in [9.17, 15) is 23.8 Å². The first-order valence-corrected chi connectivity index (χ1v) is 33.4. The normalized spacial score (nSPS) is 27.9. The summed E-state index contributed by atoms with van der Waals surface area (Å²) in [6.45, 7) is 12.5. The molecule has 0 aliphatic carbocycles. The number of hydrogen-bond acceptors (Lipinski definition) is 18. The van der Waals surface area contributed by atoms with Crippen LogP contribution in [0.1, 0.15) is 62.1 Å². The lowest BCUT2D eigenvalue weighted by molar-refractivity contribution is -0.118. The maximum Gasteiger partial charge on any atom is 0.472 e. The van der Waals surface area contributed by atoms with Crippen molar-refractivity contribution in [1.29, 1.82) is 0 Å². The molecule has 2 unspecified atom stereocenters. The monoisotopic (exact) mass is 1170 g/mol. The van der Waals surface area contributed by atoms with E-state index in [-0.39, 0.29) is 51.5 Å². The zero-order valence-electron chi connectivity index (χ0n) is 40.6. The minimum absolute atomic E-state index is 0.0235. The van der Waals surface area contributed by atoms with Crippen LogP contribution in [0.25, 0.3) is 22.3 Å². The van der Waals surface area contributed by atoms with Gasteiger partial charge in [-0.2, -0.15) is 4.98 Å². The van der Waals surface area contributed by atoms with Crippen LogP contribution in [0.15, 0.2) is 72.3 Å². The number of halogens is 3. The Bertz CT molecular complexity index is 3270. The van der Waals surface area contributed by atoms with Gasteiger partial charge in [-0.1, -0.05) is 93.5 Å². The van der Waals surface area contributed by atoms with Crippen LogP contribution in [-0.2, 0) is 54.2 Å². The number of phosphoric ester groups is 1. The summed E-state index contributed by atoms with van der Waals surface area (Å²) in [5.41, 5.74) is -3.32. The van der Waals surface area contributed by atoms with E-state index in [1.165, 1.54) is 39.9 Å². The summed E-state index contributed by atoms with van der Waals surface area (Å²) in [5, 5.41) is 3.94. The number of rotatable bonds is 11. The van der Waals surface area contributed by atoms with Gasteiger partial charge in [-0.05, 0) is 59.8 Å². The summed E-state index contributed by atoms with van der Waals surface area (Å²) in [4.78, 5) is 75.6. The Morgan fingerprint density at radius 3 is 2.46 bits per heavy atom. The number of alkyl halides is 1. The van der Waals surface area contributed by atoms with Crippen molar-refractivity contribution in [2.24, 2.45) is 5.92 Å². The van der Waals surface area contributed by atoms with Gasteiger partial charge in [-0.3, -0.25) is 42.9 Å². The van der Waals surface area contributed by atoms with E-state index in [4.69, 9.17) is 62.3 Å². The number of aromatic amines is 1. The lowest BCUT2D eigenvalue weighted by Gasteiger charge is -2.41. The first kappa shape index (κ1) is 55.1. The fourth-order valence-corrected chi connectivity index (χ4v) is 16.9. The number of imidazole rings is 2. The van der Waals surface area contributed by atoms with Gasteiger partial charge in [0.2, 0.25) is 17.5 Å². The van der Waals surface area contributed by atoms with Crippen LogP contribution in [0, 0.1) is 5.92 Å². The van der Waals surface area contributed by atoms with Crippen molar-refractivity contribution in [2.45, 2.75) is 106 Å². The maximum absolute atomic E-state index is 17.5. The molecule has 9 rings (SSSR count). The smallest absolute Gasteiger partial charge is 0.410 e. The van der Waals surface area contributed by atoms with E-state index in [0.717, 1.165) is 11.4 Å². The highest BCUT2D eigenvalue weighted by Gasteiger charge is 2.56. The van der Waals surface area contributed by atoms with Crippen LogP contribution in [-0.4, -0.2) is 113 Å². The van der Waals surface area contributed by atoms with Gasteiger partial charge >= 0.3 is 7.82 Å². The van der Waals surface area contributed by atoms with Crippen LogP contribution in [0.2, 0.25) is 28.2 Å². The van der Waals surface area contributed by atoms with E-state index in [1.807, 2.05) is 33.9 Å². The van der Waals surface area contributed by atoms with E-state index >= 15 is 4.39 Å². The average Bonchev–Trinajstić information content (AvgIpc) is 4.11. The van der Waals surface area contributed by atoms with Crippen molar-refractivity contribution < 1.29 is 50.7 Å². The number of ether oxygens (including phenoxy) is 1. The number of amides is 2. The summed E-state index contributed by atoms with van der Waals surface area (Å²) in [6.07, 6.45) is -5.25. The number of anilines is 2. The van der Waals surface area contributed by atoms with Crippen LogP contribution in [0.5, 0.6) is 0 Å². The number of aromatic nitrogens is 8. The Hall–Kier alpha value is -3.69. The highest BCUT2D eigenvalue weighted by molar-refractivity contribution is 8.67. The van der Waals surface area contributed by atoms with Gasteiger partial charge in [0, 0.05) is 27.3 Å². The minimum Gasteiger partial charge on any atom is -0.410 e. The predicted molar refractivity (Wildman–Crippen MR) is 286 cm³/mol. The van der Waals surface area contributed by atoms with Crippen LogP contribution >= 0.6 is 59.9 Å². The van der Waals surface area contributed by atoms with Gasteiger partial charge in [-0.25, -0.2) is 28.9 Å². The number of H-pyrrole nitrogens is 1. The number of thioether (sulfide) groups is 1. The fourth-order valence-electron chi connectivity index (χ4n) is 7.90. The molecule has 396 valence electrons. The molecule has 3 saturated heterocycles. The summed E-state index contributed by atoms with van der Waals surface area (Å²) >= 11 is 21.5. The maximum atomic E-state index is 17.5. The first-order chi connectivity index (χ1) is 34.9. The number of carbonyl (C=O) groups excluding carboxylic acids is 2. The third kappa shape index (κ3) is 11.6. The molecule has 2 aromatic carbocycles. The average molecular weight is 1170 g/mol. The van der Waals surface area contributed by atoms with Gasteiger partial charge < -0.3 is 28.4 Å². The standard InChI is InChI=1S/C44H51Cl2FN10O11P2S3Si/c1-22(2)38(58)54-43-53-37-31(40(60)55-43)51-21-57(37)42-34-33(68-74(6,7)44(3,4)5)28(73-42)17-64-70(71,72-18-24-13-14-25(45)15-26(24)46)67-32-27(16-63-69(61,62)66-34)65-41(29(32)47)56-20-50-30-35(48-19-49-36(30)56)52-39(59)23-11-9-8-10-12-23/h8-15,19-22,27-29,32-34,41-42H,16-18H2,1-7H3,(H,61,62)(H,48,49,52,59)(H2,53,54,55,58,60)/t27-,28-,29+,32-,33-,34-,41-,42-,70?/m1/s1. The molecule has 7 heterocycles. The van der Waals surface area contributed by atoms with Gasteiger partial charge in [0.05, 0.1) is 37.2 Å². The molecular formula is C44H51Cl2FN10O11P2S3Si. The van der Waals surface area contributed by atoms with E-state index in [1.54, 1.807) is 62.4 Å². The molecule has 4 aromatic heterocycles. The predicted octanol–water partition coefficient (Wildman–Crippen LogP) is 9.43. The lowest BCUT2D eigenvalue weighted by atomic mass is 10.1. The zero-order valence-corrected chi connectivity index (χ0v) is 47.3. The number of fused-ring (bicyclic) bond motifs is 5. The van der Waals surface area contributed by atoms with Gasteiger partial charge in [0.25, 0.3) is 11.5 Å². The first-order valence-electron chi connectivity index (χ1n) is 23.0. The van der Waals surface area contributed by atoms with Crippen molar-refractivity contribution in [3.63, 3.8) is 0 Å². The topological polar surface area (TPSA) is 258 Å². The zero-order chi connectivity index (χ0) is 53.1.